The lowest BCUT2D eigenvalue weighted by atomic mass is 10.00. The SMILES string of the molecule is O=C1C2=N[C@H]3C=C(Cl)C=C[C@@H]3N=C2c2ccccc21. The van der Waals surface area contributed by atoms with Crippen LogP contribution in [0.5, 0.6) is 0 Å². The van der Waals surface area contributed by atoms with E-state index in [9.17, 15) is 4.79 Å². The van der Waals surface area contributed by atoms with Crippen molar-refractivity contribution in [1.82, 2.24) is 0 Å². The van der Waals surface area contributed by atoms with Crippen molar-refractivity contribution in [3.8, 4) is 0 Å². The zero-order valence-corrected chi connectivity index (χ0v) is 10.6. The van der Waals surface area contributed by atoms with Crippen molar-refractivity contribution < 1.29 is 4.79 Å². The third-order valence-corrected chi connectivity index (χ3v) is 3.81. The van der Waals surface area contributed by atoms with Crippen molar-refractivity contribution in [2.75, 3.05) is 0 Å². The van der Waals surface area contributed by atoms with E-state index in [0.717, 1.165) is 11.3 Å². The molecule has 0 saturated carbocycles. The van der Waals surface area contributed by atoms with E-state index >= 15 is 0 Å². The maximum atomic E-state index is 12.3. The van der Waals surface area contributed by atoms with Gasteiger partial charge in [-0.3, -0.25) is 14.8 Å². The number of fused-ring (bicyclic) bond motifs is 4. The highest BCUT2D eigenvalue weighted by Gasteiger charge is 2.37. The third-order valence-electron chi connectivity index (χ3n) is 3.56. The Balaban J connectivity index is 1.90. The van der Waals surface area contributed by atoms with E-state index in [0.29, 0.717) is 16.3 Å². The van der Waals surface area contributed by atoms with Crippen LogP contribution in [0.15, 0.2) is 57.5 Å². The summed E-state index contributed by atoms with van der Waals surface area (Å²) in [4.78, 5) is 21.5. The summed E-state index contributed by atoms with van der Waals surface area (Å²) in [5.41, 5.74) is 2.77. The van der Waals surface area contributed by atoms with E-state index in [2.05, 4.69) is 9.98 Å². The fourth-order valence-corrected chi connectivity index (χ4v) is 2.86. The summed E-state index contributed by atoms with van der Waals surface area (Å²) in [5, 5.41) is 0.646. The van der Waals surface area contributed by atoms with Gasteiger partial charge in [-0.1, -0.05) is 41.9 Å². The summed E-state index contributed by atoms with van der Waals surface area (Å²) in [5.74, 6) is -0.0353. The number of allylic oxidation sites excluding steroid dienone is 2. The number of aliphatic imine (C=N–C) groups is 2. The minimum Gasteiger partial charge on any atom is -0.287 e. The first-order chi connectivity index (χ1) is 9.24. The first kappa shape index (κ1) is 10.9. The summed E-state index contributed by atoms with van der Waals surface area (Å²) in [7, 11) is 0. The second kappa shape index (κ2) is 3.75. The van der Waals surface area contributed by atoms with Gasteiger partial charge < -0.3 is 0 Å². The molecule has 1 aromatic rings. The summed E-state index contributed by atoms with van der Waals surface area (Å²) in [6.45, 7) is 0. The number of hydrogen-bond acceptors (Lipinski definition) is 3. The molecule has 1 aromatic carbocycles. The number of rotatable bonds is 0. The van der Waals surface area contributed by atoms with Gasteiger partial charge in [-0.25, -0.2) is 0 Å². The van der Waals surface area contributed by atoms with Gasteiger partial charge in [0.1, 0.15) is 5.71 Å². The number of nitrogens with zero attached hydrogens (tertiary/aromatic N) is 2. The van der Waals surface area contributed by atoms with Crippen LogP contribution in [-0.4, -0.2) is 29.3 Å². The summed E-state index contributed by atoms with van der Waals surface area (Å²) in [6.07, 6.45) is 5.61. The Labute approximate surface area is 115 Å². The molecule has 19 heavy (non-hydrogen) atoms. The highest BCUT2D eigenvalue weighted by atomic mass is 35.5. The molecule has 0 radical (unpaired) electrons. The van der Waals surface area contributed by atoms with Crippen molar-refractivity contribution in [2.24, 2.45) is 9.98 Å². The standard InChI is InChI=1S/C15H9ClN2O/c16-8-5-6-11-12(7-8)18-14-13(17-11)9-3-1-2-4-10(9)15(14)19/h1-7,11-12H/t11-,12-/m0/s1. The third kappa shape index (κ3) is 1.48. The van der Waals surface area contributed by atoms with Crippen LogP contribution < -0.4 is 0 Å². The minimum absolute atomic E-state index is 0.0353. The Morgan fingerprint density at radius 1 is 1.00 bits per heavy atom. The van der Waals surface area contributed by atoms with E-state index < -0.39 is 0 Å². The molecule has 0 bridgehead atoms. The van der Waals surface area contributed by atoms with Crippen molar-refractivity contribution in [3.63, 3.8) is 0 Å². The molecule has 1 heterocycles. The molecule has 3 nitrogen and oxygen atoms in total. The van der Waals surface area contributed by atoms with Crippen LogP contribution in [0.4, 0.5) is 0 Å². The van der Waals surface area contributed by atoms with E-state index in [4.69, 9.17) is 11.6 Å². The molecule has 4 rings (SSSR count). The van der Waals surface area contributed by atoms with Gasteiger partial charge >= 0.3 is 0 Å². The first-order valence-corrected chi connectivity index (χ1v) is 6.47. The average Bonchev–Trinajstić information content (AvgIpc) is 2.70. The zero-order chi connectivity index (χ0) is 13.0. The molecule has 92 valence electrons. The summed E-state index contributed by atoms with van der Waals surface area (Å²) >= 11 is 5.98. The van der Waals surface area contributed by atoms with Crippen LogP contribution in [0.25, 0.3) is 0 Å². The number of halogens is 1. The van der Waals surface area contributed by atoms with Crippen molar-refractivity contribution in [1.29, 1.82) is 0 Å². The van der Waals surface area contributed by atoms with Crippen LogP contribution in [0, 0.1) is 0 Å². The molecular weight excluding hydrogens is 260 g/mol. The van der Waals surface area contributed by atoms with Crippen LogP contribution >= 0.6 is 11.6 Å². The molecule has 2 atom stereocenters. The summed E-state index contributed by atoms with van der Waals surface area (Å²) in [6, 6.07) is 7.30. The van der Waals surface area contributed by atoms with Crippen LogP contribution in [0.2, 0.25) is 0 Å². The van der Waals surface area contributed by atoms with Gasteiger partial charge in [0, 0.05) is 16.2 Å². The smallest absolute Gasteiger partial charge is 0.213 e. The highest BCUT2D eigenvalue weighted by molar-refractivity contribution is 6.78. The molecule has 0 N–H and O–H groups in total. The van der Waals surface area contributed by atoms with Gasteiger partial charge in [-0.2, -0.15) is 0 Å². The topological polar surface area (TPSA) is 41.8 Å². The molecular formula is C15H9ClN2O. The van der Waals surface area contributed by atoms with Crippen LogP contribution in [-0.2, 0) is 0 Å². The predicted octanol–water partition coefficient (Wildman–Crippen LogP) is 2.56. The molecule has 0 amide bonds. The quantitative estimate of drug-likeness (QED) is 0.713. The normalized spacial score (nSPS) is 27.0. The number of Topliss-reactive ketones (excluding diaryl/α,β-unsaturated/α-hetero) is 1. The fraction of sp³-hybridized carbons (Fsp3) is 0.133. The number of hydrogen-bond donors (Lipinski definition) is 0. The molecule has 2 aliphatic carbocycles. The number of carbonyl (C=O) groups is 1. The Morgan fingerprint density at radius 3 is 2.58 bits per heavy atom. The lowest BCUT2D eigenvalue weighted by molar-refractivity contribution is 0.106. The van der Waals surface area contributed by atoms with E-state index in [1.807, 2.05) is 42.5 Å². The largest absolute Gasteiger partial charge is 0.287 e. The fourth-order valence-electron chi connectivity index (χ4n) is 2.65. The molecule has 3 aliphatic rings. The first-order valence-electron chi connectivity index (χ1n) is 6.09. The van der Waals surface area contributed by atoms with Gasteiger partial charge in [-0.05, 0) is 12.2 Å². The van der Waals surface area contributed by atoms with Crippen molar-refractivity contribution in [2.45, 2.75) is 12.1 Å². The molecule has 0 spiro atoms. The zero-order valence-electron chi connectivity index (χ0n) is 9.88. The Kier molecular flexibility index (Phi) is 2.15. The number of ketones is 1. The average molecular weight is 269 g/mol. The summed E-state index contributed by atoms with van der Waals surface area (Å²) < 4.78 is 0. The van der Waals surface area contributed by atoms with Gasteiger partial charge in [0.05, 0.1) is 17.8 Å². The lowest BCUT2D eigenvalue weighted by Gasteiger charge is -2.23. The van der Waals surface area contributed by atoms with Crippen LogP contribution in [0.1, 0.15) is 15.9 Å². The van der Waals surface area contributed by atoms with Crippen molar-refractivity contribution in [3.05, 3.63) is 58.7 Å². The second-order valence-electron chi connectivity index (χ2n) is 4.72. The Hall–Kier alpha value is -2.00. The lowest BCUT2D eigenvalue weighted by Crippen LogP contribution is -2.32. The van der Waals surface area contributed by atoms with Crippen LogP contribution in [0.3, 0.4) is 0 Å². The van der Waals surface area contributed by atoms with Gasteiger partial charge in [-0.15, -0.1) is 0 Å². The number of benzene rings is 1. The predicted molar refractivity (Wildman–Crippen MR) is 75.4 cm³/mol. The maximum absolute atomic E-state index is 12.3. The monoisotopic (exact) mass is 268 g/mol. The van der Waals surface area contributed by atoms with Gasteiger partial charge in [0.2, 0.25) is 5.78 Å². The molecule has 0 unspecified atom stereocenters. The van der Waals surface area contributed by atoms with Gasteiger partial charge in [0.15, 0.2) is 0 Å². The number of carbonyl (C=O) groups excluding carboxylic acids is 1. The van der Waals surface area contributed by atoms with Gasteiger partial charge in [0.25, 0.3) is 0 Å². The highest BCUT2D eigenvalue weighted by Crippen LogP contribution is 2.29. The second-order valence-corrected chi connectivity index (χ2v) is 5.16. The Morgan fingerprint density at radius 2 is 1.74 bits per heavy atom. The molecule has 4 heteroatoms. The molecule has 0 aromatic heterocycles. The van der Waals surface area contributed by atoms with E-state index in [1.54, 1.807) is 0 Å². The molecule has 0 saturated heterocycles. The molecule has 1 aliphatic heterocycles. The maximum Gasteiger partial charge on any atom is 0.213 e. The van der Waals surface area contributed by atoms with Crippen molar-refractivity contribution >= 4 is 28.8 Å². The van der Waals surface area contributed by atoms with E-state index in [1.165, 1.54) is 0 Å². The molecule has 0 fully saturated rings. The Bertz CT molecular complexity index is 727. The minimum atomic E-state index is -0.158. The van der Waals surface area contributed by atoms with E-state index in [-0.39, 0.29) is 17.9 Å².